The van der Waals surface area contributed by atoms with Crippen molar-refractivity contribution >= 4 is 23.6 Å². The molecule has 6 heteroatoms. The summed E-state index contributed by atoms with van der Waals surface area (Å²) in [6.45, 7) is 0.429. The number of hydrogen-bond acceptors (Lipinski definition) is 4. The van der Waals surface area contributed by atoms with Gasteiger partial charge in [-0.05, 0) is 23.1 Å². The fraction of sp³-hybridized carbons (Fsp3) is 0.231. The predicted octanol–water partition coefficient (Wildman–Crippen LogP) is 4.02. The summed E-state index contributed by atoms with van der Waals surface area (Å²) >= 11 is 1.75. The highest BCUT2D eigenvalue weighted by Crippen LogP contribution is 2.48. The lowest BCUT2D eigenvalue weighted by molar-refractivity contribution is -0.137. The van der Waals surface area contributed by atoms with E-state index in [1.165, 1.54) is 0 Å². The molecule has 4 N–H and O–H groups in total. The zero-order valence-corrected chi connectivity index (χ0v) is 18.6. The zero-order chi connectivity index (χ0) is 22.8. The Bertz CT molecular complexity index is 901. The minimum atomic E-state index is -0.956. The Morgan fingerprint density at radius 3 is 1.69 bits per heavy atom. The van der Waals surface area contributed by atoms with Gasteiger partial charge in [0, 0.05) is 18.7 Å². The third-order valence-electron chi connectivity index (χ3n) is 5.27. The normalized spacial score (nSPS) is 12.2. The van der Waals surface area contributed by atoms with E-state index in [1.54, 1.807) is 11.8 Å². The molecule has 1 unspecified atom stereocenters. The molecular weight excluding hydrogens is 420 g/mol. The molecule has 1 amide bonds. The molecule has 0 aromatic heterocycles. The van der Waals surface area contributed by atoms with Gasteiger partial charge in [-0.25, -0.2) is 0 Å². The fourth-order valence-corrected chi connectivity index (χ4v) is 5.11. The molecule has 0 aliphatic heterocycles. The summed E-state index contributed by atoms with van der Waals surface area (Å²) in [6.07, 6.45) is -0.00123. The van der Waals surface area contributed by atoms with Gasteiger partial charge in [0.25, 0.3) is 0 Å². The van der Waals surface area contributed by atoms with E-state index in [1.807, 2.05) is 54.6 Å². The maximum absolute atomic E-state index is 12.3. The number of thioether (sulfide) groups is 1. The summed E-state index contributed by atoms with van der Waals surface area (Å²) in [7, 11) is 0. The molecule has 3 aromatic rings. The predicted molar refractivity (Wildman–Crippen MR) is 130 cm³/mol. The Kier molecular flexibility index (Phi) is 8.48. The molecular formula is C26H28N2O3S. The molecule has 3 aromatic carbocycles. The van der Waals surface area contributed by atoms with Crippen molar-refractivity contribution in [2.45, 2.75) is 23.6 Å². The summed E-state index contributed by atoms with van der Waals surface area (Å²) in [4.78, 5) is 23.0. The quantitative estimate of drug-likeness (QED) is 0.304. The summed E-state index contributed by atoms with van der Waals surface area (Å²) in [5, 5.41) is 11.6. The molecule has 0 heterocycles. The minimum absolute atomic E-state index is 0.121. The zero-order valence-electron chi connectivity index (χ0n) is 17.8. The Balaban J connectivity index is 1.83. The molecule has 5 nitrogen and oxygen atoms in total. The minimum Gasteiger partial charge on any atom is -0.481 e. The standard InChI is InChI=1S/C26H28N2O3S/c27-23(16-17-24(29)30)25(31)28-18-19-32-26(20-10-4-1-5-11-20,21-12-6-2-7-13-21)22-14-8-3-9-15-22/h1-15,23H,16-19,27H2,(H,28,31)(H,29,30). The van der Waals surface area contributed by atoms with Crippen molar-refractivity contribution in [3.8, 4) is 0 Å². The van der Waals surface area contributed by atoms with Crippen LogP contribution in [0.5, 0.6) is 0 Å². The molecule has 0 bridgehead atoms. The average molecular weight is 449 g/mol. The molecule has 32 heavy (non-hydrogen) atoms. The topological polar surface area (TPSA) is 92.4 Å². The van der Waals surface area contributed by atoms with Crippen molar-refractivity contribution < 1.29 is 14.7 Å². The molecule has 0 aliphatic carbocycles. The van der Waals surface area contributed by atoms with Crippen LogP contribution in [0.1, 0.15) is 29.5 Å². The van der Waals surface area contributed by atoms with E-state index in [4.69, 9.17) is 10.8 Å². The number of rotatable bonds is 11. The van der Waals surface area contributed by atoms with Crippen molar-refractivity contribution in [2.75, 3.05) is 12.3 Å². The third-order valence-corrected chi connectivity index (χ3v) is 6.82. The molecule has 0 fully saturated rings. The first-order chi connectivity index (χ1) is 15.5. The van der Waals surface area contributed by atoms with Crippen LogP contribution in [-0.4, -0.2) is 35.3 Å². The number of benzene rings is 3. The average Bonchev–Trinajstić information content (AvgIpc) is 2.84. The molecule has 1 atom stereocenters. The van der Waals surface area contributed by atoms with Crippen LogP contribution in [0, 0.1) is 0 Å². The summed E-state index contributed by atoms with van der Waals surface area (Å²) in [5.74, 6) is -0.630. The Labute approximate surface area is 193 Å². The van der Waals surface area contributed by atoms with E-state index in [0.29, 0.717) is 12.3 Å². The van der Waals surface area contributed by atoms with Crippen molar-refractivity contribution in [2.24, 2.45) is 5.73 Å². The van der Waals surface area contributed by atoms with Gasteiger partial charge in [0.15, 0.2) is 0 Å². The van der Waals surface area contributed by atoms with Crippen LogP contribution in [0.4, 0.5) is 0 Å². The number of amides is 1. The Morgan fingerprint density at radius 1 is 0.844 bits per heavy atom. The number of carbonyl (C=O) groups excluding carboxylic acids is 1. The van der Waals surface area contributed by atoms with Crippen LogP contribution in [-0.2, 0) is 14.3 Å². The highest BCUT2D eigenvalue weighted by molar-refractivity contribution is 8.00. The first kappa shape index (κ1) is 23.6. The van der Waals surface area contributed by atoms with Gasteiger partial charge in [0.1, 0.15) is 0 Å². The lowest BCUT2D eigenvalue weighted by atomic mass is 9.84. The van der Waals surface area contributed by atoms with Crippen LogP contribution >= 0.6 is 11.8 Å². The first-order valence-electron chi connectivity index (χ1n) is 10.6. The van der Waals surface area contributed by atoms with Gasteiger partial charge in [-0.15, -0.1) is 11.8 Å². The van der Waals surface area contributed by atoms with E-state index >= 15 is 0 Å². The number of nitrogens with one attached hydrogen (secondary N) is 1. The largest absolute Gasteiger partial charge is 0.481 e. The fourth-order valence-electron chi connectivity index (χ4n) is 3.69. The SMILES string of the molecule is NC(CCC(=O)O)C(=O)NCCSC(c1ccccc1)(c1ccccc1)c1ccccc1. The van der Waals surface area contributed by atoms with Crippen molar-refractivity contribution in [1.82, 2.24) is 5.32 Å². The van der Waals surface area contributed by atoms with E-state index in [0.717, 1.165) is 16.7 Å². The molecule has 0 saturated heterocycles. The maximum Gasteiger partial charge on any atom is 0.303 e. The number of carbonyl (C=O) groups is 2. The van der Waals surface area contributed by atoms with E-state index in [-0.39, 0.29) is 18.7 Å². The lowest BCUT2D eigenvalue weighted by Crippen LogP contribution is -2.42. The molecule has 166 valence electrons. The second-order valence-corrected chi connectivity index (χ2v) is 8.77. The Hall–Kier alpha value is -3.09. The van der Waals surface area contributed by atoms with Crippen molar-refractivity contribution in [3.63, 3.8) is 0 Å². The van der Waals surface area contributed by atoms with Crippen LogP contribution in [0.15, 0.2) is 91.0 Å². The first-order valence-corrected chi connectivity index (χ1v) is 11.6. The number of aliphatic carboxylic acids is 1. The van der Waals surface area contributed by atoms with E-state index < -0.39 is 16.8 Å². The molecule has 0 spiro atoms. The Morgan fingerprint density at radius 2 is 1.28 bits per heavy atom. The summed E-state index contributed by atoms with van der Waals surface area (Å²) in [5.41, 5.74) is 9.30. The van der Waals surface area contributed by atoms with E-state index in [2.05, 4.69) is 41.7 Å². The molecule has 0 aliphatic rings. The lowest BCUT2D eigenvalue weighted by Gasteiger charge is -2.35. The van der Waals surface area contributed by atoms with E-state index in [9.17, 15) is 9.59 Å². The van der Waals surface area contributed by atoms with Crippen LogP contribution in [0.2, 0.25) is 0 Å². The number of nitrogens with two attached hydrogens (primary N) is 1. The summed E-state index contributed by atoms with van der Waals surface area (Å²) < 4.78 is -0.445. The van der Waals surface area contributed by atoms with Crippen LogP contribution < -0.4 is 11.1 Å². The molecule has 0 saturated carbocycles. The van der Waals surface area contributed by atoms with Gasteiger partial charge in [-0.1, -0.05) is 91.0 Å². The second kappa shape index (κ2) is 11.5. The van der Waals surface area contributed by atoms with Gasteiger partial charge in [0.05, 0.1) is 10.8 Å². The highest BCUT2D eigenvalue weighted by Gasteiger charge is 2.36. The van der Waals surface area contributed by atoms with Gasteiger partial charge < -0.3 is 16.2 Å². The molecule has 0 radical (unpaired) electrons. The van der Waals surface area contributed by atoms with Crippen LogP contribution in [0.25, 0.3) is 0 Å². The van der Waals surface area contributed by atoms with Gasteiger partial charge in [-0.2, -0.15) is 0 Å². The smallest absolute Gasteiger partial charge is 0.303 e. The van der Waals surface area contributed by atoms with Gasteiger partial charge >= 0.3 is 5.97 Å². The maximum atomic E-state index is 12.3. The number of carboxylic acids is 1. The van der Waals surface area contributed by atoms with Crippen molar-refractivity contribution in [3.05, 3.63) is 108 Å². The number of carboxylic acid groups (broad SMARTS) is 1. The monoisotopic (exact) mass is 448 g/mol. The summed E-state index contributed by atoms with van der Waals surface area (Å²) in [6, 6.07) is 30.2. The third kappa shape index (κ3) is 5.78. The molecule has 3 rings (SSSR count). The second-order valence-electron chi connectivity index (χ2n) is 7.46. The number of hydrogen-bond donors (Lipinski definition) is 3. The van der Waals surface area contributed by atoms with Gasteiger partial charge in [0.2, 0.25) is 5.91 Å². The highest BCUT2D eigenvalue weighted by atomic mass is 32.2. The van der Waals surface area contributed by atoms with Crippen LogP contribution in [0.3, 0.4) is 0 Å². The van der Waals surface area contributed by atoms with Crippen molar-refractivity contribution in [1.29, 1.82) is 0 Å². The van der Waals surface area contributed by atoms with Gasteiger partial charge in [-0.3, -0.25) is 9.59 Å².